The Morgan fingerprint density at radius 1 is 0.458 bits per heavy atom. The minimum absolute atomic E-state index is 0. The van der Waals surface area contributed by atoms with Gasteiger partial charge in [-0.2, -0.15) is 0 Å². The Balaban J connectivity index is 0.0000336. The molecule has 7 nitrogen and oxygen atoms in total. The average molecular weight is 869 g/mol. The summed E-state index contributed by atoms with van der Waals surface area (Å²) in [6.45, 7) is 4.87. The summed E-state index contributed by atoms with van der Waals surface area (Å²) in [5.74, 6) is -1.57. The summed E-state index contributed by atoms with van der Waals surface area (Å²) in [7, 11) is -4.82. The van der Waals surface area contributed by atoms with Crippen LogP contribution < -0.4 is 51.4 Å². The van der Waals surface area contributed by atoms with E-state index in [2.05, 4.69) is 38.2 Å². The molecule has 0 saturated heterocycles. The van der Waals surface area contributed by atoms with Crippen LogP contribution in [0.2, 0.25) is 0 Å². The molecule has 0 aromatic heterocycles. The van der Waals surface area contributed by atoms with Crippen LogP contribution in [0, 0.1) is 0 Å². The van der Waals surface area contributed by atoms with E-state index in [9.17, 15) is 22.6 Å². The van der Waals surface area contributed by atoms with E-state index >= 15 is 0 Å². The van der Waals surface area contributed by atoms with Gasteiger partial charge in [0.2, 0.25) is 0 Å². The first-order valence-electron chi connectivity index (χ1n) is 24.0. The molecule has 0 fully saturated rings. The molecule has 0 heterocycles. The number of hydrogen-bond acceptors (Lipinski definition) is 7. The van der Waals surface area contributed by atoms with Crippen molar-refractivity contribution in [2.24, 2.45) is 0 Å². The van der Waals surface area contributed by atoms with Gasteiger partial charge in [-0.3, -0.25) is 0 Å². The smallest absolute Gasteiger partial charge is 0.744 e. The van der Waals surface area contributed by atoms with Gasteiger partial charge in [-0.05, 0) is 82.4 Å². The molecule has 0 N–H and O–H groups in total. The van der Waals surface area contributed by atoms with Crippen LogP contribution in [-0.2, 0) is 19.6 Å². The molecule has 334 valence electrons. The van der Waals surface area contributed by atoms with Gasteiger partial charge in [0, 0.05) is 0 Å². The summed E-state index contributed by atoms with van der Waals surface area (Å²) >= 11 is 0. The van der Waals surface area contributed by atoms with Gasteiger partial charge in [0.1, 0.15) is 10.1 Å². The fourth-order valence-corrected chi connectivity index (χ4v) is 7.77. The maximum atomic E-state index is 13.0. The van der Waals surface area contributed by atoms with Crippen molar-refractivity contribution in [1.82, 2.24) is 0 Å². The summed E-state index contributed by atoms with van der Waals surface area (Å²) in [5, 5.41) is 0. The molecule has 9 heteroatoms. The molecule has 1 aromatic carbocycles. The normalized spacial score (nSPS) is 11.7. The molecule has 0 unspecified atom stereocenters. The Hall–Kier alpha value is -0.814. The minimum Gasteiger partial charge on any atom is -0.744 e. The number of unbranched alkanes of at least 4 members (excludes halogenated alkanes) is 30. The van der Waals surface area contributed by atoms with Gasteiger partial charge in [-0.15, -0.1) is 0 Å². The van der Waals surface area contributed by atoms with E-state index in [0.717, 1.165) is 82.4 Å². The quantitative estimate of drug-likeness (QED) is 0.0212. The Kier molecular flexibility index (Phi) is 41.9. The first-order valence-corrected chi connectivity index (χ1v) is 25.5. The van der Waals surface area contributed by atoms with Crippen LogP contribution in [0.1, 0.15) is 253 Å². The number of hydrogen-bond donors (Lipinski definition) is 0. The summed E-state index contributed by atoms with van der Waals surface area (Å²) in [5.41, 5.74) is -0.356. The predicted molar refractivity (Wildman–Crippen MR) is 242 cm³/mol. The summed E-state index contributed by atoms with van der Waals surface area (Å²) in [6, 6.07) is 3.12. The van der Waals surface area contributed by atoms with Gasteiger partial charge in [-0.25, -0.2) is 18.0 Å². The van der Waals surface area contributed by atoms with E-state index in [1.165, 1.54) is 141 Å². The van der Waals surface area contributed by atoms with Crippen LogP contribution in [0.4, 0.5) is 0 Å². The third-order valence-electron chi connectivity index (χ3n) is 11.0. The zero-order chi connectivity index (χ0) is 42.2. The average Bonchev–Trinajstić information content (AvgIpc) is 3.21. The summed E-state index contributed by atoms with van der Waals surface area (Å²) in [6.07, 6.45) is 50.9. The molecular formula is C50H85KO7S. The van der Waals surface area contributed by atoms with Crippen molar-refractivity contribution in [3.63, 3.8) is 0 Å². The topological polar surface area (TPSA) is 110 Å². The molecule has 0 spiro atoms. The predicted octanol–water partition coefficient (Wildman–Crippen LogP) is 12.3. The summed E-state index contributed by atoms with van der Waals surface area (Å²) < 4.78 is 45.9. The molecule has 0 aliphatic carbocycles. The van der Waals surface area contributed by atoms with Crippen LogP contribution >= 0.6 is 0 Å². The van der Waals surface area contributed by atoms with E-state index in [-0.39, 0.29) is 75.7 Å². The number of rotatable bonds is 41. The molecule has 0 radical (unpaired) electrons. The third-order valence-corrected chi connectivity index (χ3v) is 11.8. The Labute approximate surface area is 405 Å². The molecule has 0 bridgehead atoms. The second-order valence-corrected chi connectivity index (χ2v) is 17.8. The van der Waals surface area contributed by atoms with Gasteiger partial charge in [0.05, 0.1) is 29.2 Å². The third kappa shape index (κ3) is 35.4. The molecule has 0 saturated carbocycles. The molecule has 0 aliphatic rings. The molecular weight excluding hydrogens is 784 g/mol. The monoisotopic (exact) mass is 869 g/mol. The Morgan fingerprint density at radius 2 is 0.746 bits per heavy atom. The van der Waals surface area contributed by atoms with Gasteiger partial charge in [0.15, 0.2) is 0 Å². The van der Waals surface area contributed by atoms with E-state index < -0.39 is 27.0 Å². The second-order valence-electron chi connectivity index (χ2n) is 16.4. The standard InChI is InChI=1S/C50H86O7S.K/c1-3-5-7-9-11-13-15-17-19-21-23-25-27-29-31-33-35-37-39-43-56-49(51)47-42-41-46(58(53,54)55)45-48(47)50(52)57-44-40-38-36-34-32-30-28-26-24-22-20-18-16-14-12-10-8-6-4-2;/h27-30,41-42,45H,3-26,31-40,43-44H2,1-2H3,(H,53,54,55);/q;+1/p-1/b29-27+,30-28+;. The van der Waals surface area contributed by atoms with Gasteiger partial charge >= 0.3 is 63.3 Å². The van der Waals surface area contributed by atoms with E-state index in [1.807, 2.05) is 0 Å². The second kappa shape index (κ2) is 42.5. The van der Waals surface area contributed by atoms with Crippen LogP contribution in [-0.4, -0.2) is 38.1 Å². The fraction of sp³-hybridized carbons (Fsp3) is 0.760. The number of benzene rings is 1. The van der Waals surface area contributed by atoms with Crippen LogP contribution in [0.5, 0.6) is 0 Å². The molecule has 0 atom stereocenters. The number of esters is 2. The van der Waals surface area contributed by atoms with Crippen molar-refractivity contribution in [2.75, 3.05) is 13.2 Å². The van der Waals surface area contributed by atoms with Crippen molar-refractivity contribution in [3.8, 4) is 0 Å². The fourth-order valence-electron chi connectivity index (χ4n) is 7.27. The Bertz CT molecular complexity index is 1310. The van der Waals surface area contributed by atoms with Crippen LogP contribution in [0.15, 0.2) is 47.4 Å². The SMILES string of the molecule is CCCCCCCCCCCCC/C=C/CCCCCCOC(=O)c1ccc(S(=O)(=O)[O-])cc1C(=O)OCCCCCC/C=C/CCCCCCCCCCCCC.[K+]. The maximum Gasteiger partial charge on any atom is 1.00 e. The van der Waals surface area contributed by atoms with Gasteiger partial charge in [-0.1, -0.05) is 192 Å². The van der Waals surface area contributed by atoms with Crippen LogP contribution in [0.25, 0.3) is 0 Å². The molecule has 1 aromatic rings. The Morgan fingerprint density at radius 3 is 1.07 bits per heavy atom. The van der Waals surface area contributed by atoms with Crippen molar-refractivity contribution in [1.29, 1.82) is 0 Å². The largest absolute Gasteiger partial charge is 1.00 e. The first kappa shape index (κ1) is 58.2. The molecule has 59 heavy (non-hydrogen) atoms. The molecule has 0 amide bonds. The number of allylic oxidation sites excluding steroid dienone is 4. The first-order chi connectivity index (χ1) is 28.3. The molecule has 0 aliphatic heterocycles. The number of carbonyl (C=O) groups excluding carboxylic acids is 2. The van der Waals surface area contributed by atoms with E-state index in [1.54, 1.807) is 0 Å². The van der Waals surface area contributed by atoms with Crippen molar-refractivity contribution < 1.29 is 83.4 Å². The number of ether oxygens (including phenoxy) is 2. The van der Waals surface area contributed by atoms with Crippen molar-refractivity contribution >= 4 is 22.1 Å². The number of carbonyl (C=O) groups is 2. The molecule has 1 rings (SSSR count). The van der Waals surface area contributed by atoms with E-state index in [4.69, 9.17) is 9.47 Å². The van der Waals surface area contributed by atoms with E-state index in [0.29, 0.717) is 12.8 Å². The van der Waals surface area contributed by atoms with Crippen molar-refractivity contribution in [2.45, 2.75) is 237 Å². The zero-order valence-electron chi connectivity index (χ0n) is 38.3. The zero-order valence-corrected chi connectivity index (χ0v) is 42.2. The minimum atomic E-state index is -4.82. The van der Waals surface area contributed by atoms with Crippen molar-refractivity contribution in [3.05, 3.63) is 53.6 Å². The summed E-state index contributed by atoms with van der Waals surface area (Å²) in [4.78, 5) is 25.3. The van der Waals surface area contributed by atoms with Crippen LogP contribution in [0.3, 0.4) is 0 Å². The van der Waals surface area contributed by atoms with Gasteiger partial charge < -0.3 is 14.0 Å². The van der Waals surface area contributed by atoms with Gasteiger partial charge in [0.25, 0.3) is 0 Å². The maximum absolute atomic E-state index is 13.0.